The van der Waals surface area contributed by atoms with Crippen molar-refractivity contribution < 1.29 is 35.1 Å². The van der Waals surface area contributed by atoms with E-state index in [-0.39, 0.29) is 25.7 Å². The van der Waals surface area contributed by atoms with Gasteiger partial charge in [0.1, 0.15) is 0 Å². The quantitative estimate of drug-likeness (QED) is 0.533. The molecule has 1 aliphatic carbocycles. The largest absolute Gasteiger partial charge is 0.471 e. The van der Waals surface area contributed by atoms with Gasteiger partial charge in [-0.1, -0.05) is 24.2 Å². The Kier molecular flexibility index (Phi) is 4.14. The molecular formula is C9H11F8N. The average molecular weight is 285 g/mol. The van der Waals surface area contributed by atoms with Crippen LogP contribution < -0.4 is 0 Å². The van der Waals surface area contributed by atoms with E-state index in [4.69, 9.17) is 0 Å². The van der Waals surface area contributed by atoms with Crippen LogP contribution in [0.4, 0.5) is 35.1 Å². The number of hydrogen-bond donors (Lipinski definition) is 0. The van der Waals surface area contributed by atoms with Crippen LogP contribution in [0.3, 0.4) is 0 Å². The molecule has 18 heavy (non-hydrogen) atoms. The topological polar surface area (TPSA) is 3.24 Å². The van der Waals surface area contributed by atoms with E-state index in [2.05, 4.69) is 0 Å². The predicted octanol–water partition coefficient (Wildman–Crippen LogP) is 4.50. The van der Waals surface area contributed by atoms with Gasteiger partial charge in [0.25, 0.3) is 0 Å². The van der Waals surface area contributed by atoms with Crippen LogP contribution in [0.1, 0.15) is 32.1 Å². The average Bonchev–Trinajstić information content (AvgIpc) is 2.13. The van der Waals surface area contributed by atoms with Crippen LogP contribution in [-0.2, 0) is 0 Å². The van der Waals surface area contributed by atoms with E-state index < -0.39 is 29.5 Å². The third-order valence-electron chi connectivity index (χ3n) is 2.90. The summed E-state index contributed by atoms with van der Waals surface area (Å²) < 4.78 is 100. The summed E-state index contributed by atoms with van der Waals surface area (Å²) in [5.41, 5.74) is 0. The predicted molar refractivity (Wildman–Crippen MR) is 45.5 cm³/mol. The van der Waals surface area contributed by atoms with Gasteiger partial charge in [0, 0.05) is 5.92 Å². The van der Waals surface area contributed by atoms with Gasteiger partial charge in [-0.3, -0.25) is 0 Å². The van der Waals surface area contributed by atoms with Gasteiger partial charge >= 0.3 is 18.6 Å². The van der Waals surface area contributed by atoms with Crippen LogP contribution in [0, 0.1) is 5.92 Å². The molecule has 0 aromatic heterocycles. The Morgan fingerprint density at radius 3 is 1.39 bits per heavy atom. The lowest BCUT2D eigenvalue weighted by molar-refractivity contribution is -0.449. The van der Waals surface area contributed by atoms with Gasteiger partial charge in [-0.05, 0) is 12.8 Å². The molecule has 0 aromatic carbocycles. The van der Waals surface area contributed by atoms with Crippen molar-refractivity contribution in [1.82, 2.24) is 4.90 Å². The molecule has 0 atom stereocenters. The van der Waals surface area contributed by atoms with Gasteiger partial charge in [0.2, 0.25) is 0 Å². The second kappa shape index (κ2) is 4.82. The molecule has 9 heteroatoms. The highest BCUT2D eigenvalue weighted by Gasteiger charge is 2.67. The molecule has 1 saturated carbocycles. The summed E-state index contributed by atoms with van der Waals surface area (Å²) in [5.74, 6) is -1.92. The van der Waals surface area contributed by atoms with Crippen LogP contribution >= 0.6 is 0 Å². The summed E-state index contributed by atoms with van der Waals surface area (Å²) in [5, 5.41) is 0. The monoisotopic (exact) mass is 285 g/mol. The second-order valence-electron chi connectivity index (χ2n) is 4.19. The third kappa shape index (κ3) is 3.24. The molecule has 108 valence electrons. The first-order valence-electron chi connectivity index (χ1n) is 5.29. The van der Waals surface area contributed by atoms with Crippen molar-refractivity contribution in [3.63, 3.8) is 0 Å². The van der Waals surface area contributed by atoms with E-state index in [1.165, 1.54) is 0 Å². The highest BCUT2D eigenvalue weighted by molar-refractivity contribution is 4.83. The molecule has 0 bridgehead atoms. The minimum Gasteiger partial charge on any atom is -0.188 e. The van der Waals surface area contributed by atoms with Gasteiger partial charge in [-0.25, -0.2) is 0 Å². The van der Waals surface area contributed by atoms with Crippen molar-refractivity contribution in [3.8, 4) is 0 Å². The molecule has 0 radical (unpaired) electrons. The summed E-state index contributed by atoms with van der Waals surface area (Å²) >= 11 is 0. The van der Waals surface area contributed by atoms with Crippen molar-refractivity contribution in [2.24, 2.45) is 5.92 Å². The normalized spacial score (nSPS) is 20.5. The van der Waals surface area contributed by atoms with Gasteiger partial charge in [0.05, 0.1) is 0 Å². The fourth-order valence-electron chi connectivity index (χ4n) is 2.11. The summed E-state index contributed by atoms with van der Waals surface area (Å²) in [6.45, 7) is 0. The van der Waals surface area contributed by atoms with E-state index in [1.54, 1.807) is 0 Å². The number of rotatable bonds is 2. The first-order valence-corrected chi connectivity index (χ1v) is 5.29. The van der Waals surface area contributed by atoms with Crippen molar-refractivity contribution in [3.05, 3.63) is 0 Å². The van der Waals surface area contributed by atoms with Crippen LogP contribution in [0.2, 0.25) is 0 Å². The Balaban J connectivity index is 3.03. The molecule has 1 fully saturated rings. The van der Waals surface area contributed by atoms with Gasteiger partial charge < -0.3 is 0 Å². The van der Waals surface area contributed by atoms with Gasteiger partial charge in [-0.15, -0.1) is 0 Å². The Hall–Kier alpha value is -0.600. The summed E-state index contributed by atoms with van der Waals surface area (Å²) in [7, 11) is 0. The molecule has 0 spiro atoms. The van der Waals surface area contributed by atoms with Crippen LogP contribution in [0.25, 0.3) is 0 Å². The van der Waals surface area contributed by atoms with Crippen molar-refractivity contribution in [2.75, 3.05) is 0 Å². The Labute approximate surface area is 97.7 Å². The molecule has 0 aliphatic heterocycles. The SMILES string of the molecule is FC(F)(F)N(C(F)(F)F)C(F)(F)C1CCCCC1. The number of hydrogen-bond acceptors (Lipinski definition) is 1. The molecule has 0 saturated heterocycles. The second-order valence-corrected chi connectivity index (χ2v) is 4.19. The fraction of sp³-hybridized carbons (Fsp3) is 1.00. The first-order chi connectivity index (χ1) is 7.97. The number of nitrogens with zero attached hydrogens (tertiary/aromatic N) is 1. The van der Waals surface area contributed by atoms with Crippen molar-refractivity contribution >= 4 is 0 Å². The van der Waals surface area contributed by atoms with Crippen LogP contribution in [0.5, 0.6) is 0 Å². The molecule has 0 aromatic rings. The number of halogens is 8. The lowest BCUT2D eigenvalue weighted by atomic mass is 9.87. The molecule has 0 N–H and O–H groups in total. The van der Waals surface area contributed by atoms with E-state index in [9.17, 15) is 35.1 Å². The Morgan fingerprint density at radius 2 is 1.06 bits per heavy atom. The highest BCUT2D eigenvalue weighted by Crippen LogP contribution is 2.48. The summed E-state index contributed by atoms with van der Waals surface area (Å²) in [4.78, 5) is -2.58. The molecule has 1 aliphatic rings. The van der Waals surface area contributed by atoms with Gasteiger partial charge in [0.15, 0.2) is 0 Å². The maximum Gasteiger partial charge on any atom is 0.471 e. The summed E-state index contributed by atoms with van der Waals surface area (Å²) in [6, 6.07) is -4.96. The van der Waals surface area contributed by atoms with E-state index in [1.807, 2.05) is 0 Å². The maximum absolute atomic E-state index is 13.5. The van der Waals surface area contributed by atoms with E-state index in [0.29, 0.717) is 6.42 Å². The standard InChI is InChI=1S/C9H11F8N/c10-7(11,6-4-2-1-3-5-6)18(8(12,13)14)9(15,16)17/h6H,1-5H2. The van der Waals surface area contributed by atoms with Crippen molar-refractivity contribution in [2.45, 2.75) is 50.8 Å². The zero-order valence-electron chi connectivity index (χ0n) is 9.08. The Morgan fingerprint density at radius 1 is 0.667 bits per heavy atom. The minimum atomic E-state index is -6.15. The first kappa shape index (κ1) is 15.5. The zero-order valence-corrected chi connectivity index (χ0v) is 9.08. The smallest absolute Gasteiger partial charge is 0.188 e. The number of alkyl halides is 8. The zero-order chi connectivity index (χ0) is 14.2. The fourth-order valence-corrected chi connectivity index (χ4v) is 2.11. The summed E-state index contributed by atoms with van der Waals surface area (Å²) in [6.07, 6.45) is -12.0. The van der Waals surface area contributed by atoms with Gasteiger partial charge in [-0.2, -0.15) is 35.1 Å². The Bertz CT molecular complexity index is 261. The molecule has 1 rings (SSSR count). The van der Waals surface area contributed by atoms with Crippen LogP contribution in [0.15, 0.2) is 0 Å². The molecule has 0 unspecified atom stereocenters. The lowest BCUT2D eigenvalue weighted by Gasteiger charge is -2.39. The highest BCUT2D eigenvalue weighted by atomic mass is 19.4. The lowest BCUT2D eigenvalue weighted by Crippen LogP contribution is -2.60. The molecular weight excluding hydrogens is 274 g/mol. The minimum absolute atomic E-state index is 0.212. The van der Waals surface area contributed by atoms with E-state index >= 15 is 0 Å². The van der Waals surface area contributed by atoms with Crippen molar-refractivity contribution in [1.29, 1.82) is 0 Å². The van der Waals surface area contributed by atoms with E-state index in [0.717, 1.165) is 0 Å². The third-order valence-corrected chi connectivity index (χ3v) is 2.90. The van der Waals surface area contributed by atoms with Crippen LogP contribution in [-0.4, -0.2) is 23.5 Å². The molecule has 0 amide bonds. The molecule has 0 heterocycles. The maximum atomic E-state index is 13.5. The molecule has 1 nitrogen and oxygen atoms in total.